The van der Waals surface area contributed by atoms with E-state index in [9.17, 15) is 27.6 Å². The minimum atomic E-state index is -5.08. The average molecular weight is 583 g/mol. The molecule has 2 rings (SSSR count). The van der Waals surface area contributed by atoms with Crippen molar-refractivity contribution in [3.63, 3.8) is 0 Å². The largest absolute Gasteiger partial charge is 0.490 e. The van der Waals surface area contributed by atoms with E-state index >= 15 is 0 Å². The number of carbonyl (C=O) groups is 4. The highest BCUT2D eigenvalue weighted by Gasteiger charge is 2.38. The summed E-state index contributed by atoms with van der Waals surface area (Å²) in [5.74, 6) is -3.81. The van der Waals surface area contributed by atoms with Crippen molar-refractivity contribution in [1.82, 2.24) is 15.6 Å². The summed E-state index contributed by atoms with van der Waals surface area (Å²) >= 11 is 11.9. The summed E-state index contributed by atoms with van der Waals surface area (Å²) in [6.07, 6.45) is -6.25. The smallest absolute Gasteiger partial charge is 0.481 e. The number of hydrogen-bond acceptors (Lipinski definition) is 7. The van der Waals surface area contributed by atoms with E-state index in [2.05, 4.69) is 20.9 Å². The fourth-order valence-electron chi connectivity index (χ4n) is 2.62. The quantitative estimate of drug-likeness (QED) is 0.262. The molecule has 38 heavy (non-hydrogen) atoms. The van der Waals surface area contributed by atoms with Crippen molar-refractivity contribution in [2.24, 2.45) is 0 Å². The number of alkyl halides is 3. The van der Waals surface area contributed by atoms with E-state index in [4.69, 9.17) is 42.9 Å². The second-order valence-electron chi connectivity index (χ2n) is 7.30. The summed E-state index contributed by atoms with van der Waals surface area (Å²) < 4.78 is 36.7. The highest BCUT2D eigenvalue weighted by molar-refractivity contribution is 6.34. The van der Waals surface area contributed by atoms with Crippen molar-refractivity contribution in [2.75, 3.05) is 25.0 Å². The van der Waals surface area contributed by atoms with Crippen molar-refractivity contribution in [1.29, 1.82) is 0 Å². The molecular formula is C22H23Cl2F3N4O7. The molecule has 0 bridgehead atoms. The third-order valence-corrected chi connectivity index (χ3v) is 4.60. The Morgan fingerprint density at radius 2 is 1.68 bits per heavy atom. The van der Waals surface area contributed by atoms with E-state index in [1.165, 1.54) is 18.2 Å². The maximum atomic E-state index is 12.2. The number of pyridine rings is 1. The number of anilines is 1. The van der Waals surface area contributed by atoms with Crippen LogP contribution in [-0.2, 0) is 19.1 Å². The van der Waals surface area contributed by atoms with E-state index in [0.717, 1.165) is 5.69 Å². The summed E-state index contributed by atoms with van der Waals surface area (Å²) in [4.78, 5) is 48.2. The number of aromatic nitrogens is 1. The molecular weight excluding hydrogens is 560 g/mol. The first kappa shape index (κ1) is 32.2. The number of ether oxygens (including phenoxy) is 1. The molecule has 1 aromatic heterocycles. The van der Waals surface area contributed by atoms with Crippen LogP contribution in [0.5, 0.6) is 0 Å². The molecule has 1 heterocycles. The first-order valence-corrected chi connectivity index (χ1v) is 11.3. The van der Waals surface area contributed by atoms with Gasteiger partial charge in [0.25, 0.3) is 0 Å². The molecule has 2 amide bonds. The third kappa shape index (κ3) is 13.5. The Morgan fingerprint density at radius 3 is 2.21 bits per heavy atom. The fourth-order valence-corrected chi connectivity index (χ4v) is 3.16. The minimum absolute atomic E-state index is 0.0612. The number of aliphatic carboxylic acids is 2. The molecule has 1 unspecified atom stereocenters. The Morgan fingerprint density at radius 1 is 1.08 bits per heavy atom. The molecule has 1 aromatic carbocycles. The first-order chi connectivity index (χ1) is 17.7. The van der Waals surface area contributed by atoms with Gasteiger partial charge in [-0.2, -0.15) is 13.2 Å². The van der Waals surface area contributed by atoms with Crippen LogP contribution in [0.15, 0.2) is 36.4 Å². The number of carboxylic acids is 2. The summed E-state index contributed by atoms with van der Waals surface area (Å²) in [7, 11) is 0. The number of nitrogens with zero attached hydrogens (tertiary/aromatic N) is 1. The van der Waals surface area contributed by atoms with Crippen LogP contribution in [0.1, 0.15) is 23.7 Å². The van der Waals surface area contributed by atoms with Gasteiger partial charge in [-0.25, -0.2) is 14.6 Å². The molecule has 2 aromatic rings. The summed E-state index contributed by atoms with van der Waals surface area (Å²) in [5.41, 5.74) is 1.29. The van der Waals surface area contributed by atoms with E-state index < -0.39 is 42.7 Å². The van der Waals surface area contributed by atoms with Crippen LogP contribution in [0.4, 0.5) is 23.8 Å². The number of alkyl carbamates (subject to hydrolysis) is 1. The van der Waals surface area contributed by atoms with Gasteiger partial charge in [-0.05, 0) is 42.8 Å². The first-order valence-electron chi connectivity index (χ1n) is 10.5. The van der Waals surface area contributed by atoms with Gasteiger partial charge < -0.3 is 30.9 Å². The predicted molar refractivity (Wildman–Crippen MR) is 130 cm³/mol. The number of amides is 2. The molecule has 0 aliphatic carbocycles. The van der Waals surface area contributed by atoms with Gasteiger partial charge in [-0.3, -0.25) is 9.59 Å². The van der Waals surface area contributed by atoms with E-state index in [0.29, 0.717) is 28.0 Å². The lowest BCUT2D eigenvalue weighted by atomic mass is 10.0. The highest BCUT2D eigenvalue weighted by Crippen LogP contribution is 2.25. The van der Waals surface area contributed by atoms with Gasteiger partial charge in [0.05, 0.1) is 19.0 Å². The van der Waals surface area contributed by atoms with Crippen LogP contribution in [0.25, 0.3) is 0 Å². The SMILES string of the molecule is Cc1cccc(NCCOC(=O)NCC(=O)NC(CC(=O)O)c2cc(Cl)cc(Cl)c2)n1.O=C(O)C(F)(F)F. The van der Waals surface area contributed by atoms with Gasteiger partial charge in [0, 0.05) is 15.7 Å². The number of nitrogens with one attached hydrogen (secondary N) is 3. The number of aryl methyl sites for hydroxylation is 1. The topological polar surface area (TPSA) is 167 Å². The Balaban J connectivity index is 0.000000905. The molecule has 0 aliphatic heterocycles. The Kier molecular flexibility index (Phi) is 13.1. The average Bonchev–Trinajstić information content (AvgIpc) is 2.79. The van der Waals surface area contributed by atoms with Crippen LogP contribution < -0.4 is 16.0 Å². The van der Waals surface area contributed by atoms with Crippen molar-refractivity contribution in [3.05, 3.63) is 57.7 Å². The third-order valence-electron chi connectivity index (χ3n) is 4.17. The van der Waals surface area contributed by atoms with E-state index in [1.54, 1.807) is 6.07 Å². The maximum Gasteiger partial charge on any atom is 0.490 e. The molecule has 11 nitrogen and oxygen atoms in total. The molecule has 0 aliphatic rings. The van der Waals surface area contributed by atoms with Gasteiger partial charge in [-0.1, -0.05) is 29.3 Å². The van der Waals surface area contributed by atoms with Crippen molar-refractivity contribution in [2.45, 2.75) is 25.6 Å². The zero-order valence-electron chi connectivity index (χ0n) is 19.6. The summed E-state index contributed by atoms with van der Waals surface area (Å²) in [5, 5.41) is 24.7. The molecule has 1 atom stereocenters. The normalized spacial score (nSPS) is 11.3. The second-order valence-corrected chi connectivity index (χ2v) is 8.18. The lowest BCUT2D eigenvalue weighted by Crippen LogP contribution is -2.39. The Labute approximate surface area is 224 Å². The maximum absolute atomic E-state index is 12.2. The predicted octanol–water partition coefficient (Wildman–Crippen LogP) is 3.80. The monoisotopic (exact) mass is 582 g/mol. The van der Waals surface area contributed by atoms with Crippen LogP contribution in [0.2, 0.25) is 10.0 Å². The molecule has 0 radical (unpaired) electrons. The summed E-state index contributed by atoms with van der Waals surface area (Å²) in [6, 6.07) is 9.16. The van der Waals surface area contributed by atoms with E-state index in [1.807, 2.05) is 19.1 Å². The van der Waals surface area contributed by atoms with Crippen LogP contribution in [0, 0.1) is 6.92 Å². The molecule has 208 valence electrons. The number of halogens is 5. The zero-order valence-corrected chi connectivity index (χ0v) is 21.2. The van der Waals surface area contributed by atoms with Crippen molar-refractivity contribution < 1.29 is 47.3 Å². The van der Waals surface area contributed by atoms with Crippen LogP contribution in [-0.4, -0.2) is 65.0 Å². The number of benzene rings is 1. The van der Waals surface area contributed by atoms with Crippen LogP contribution in [0.3, 0.4) is 0 Å². The van der Waals surface area contributed by atoms with Crippen molar-refractivity contribution in [3.8, 4) is 0 Å². The highest BCUT2D eigenvalue weighted by atomic mass is 35.5. The van der Waals surface area contributed by atoms with Gasteiger partial charge in [0.2, 0.25) is 5.91 Å². The van der Waals surface area contributed by atoms with Gasteiger partial charge in [-0.15, -0.1) is 0 Å². The number of carbonyl (C=O) groups excluding carboxylic acids is 2. The standard InChI is InChI=1S/C20H22Cl2N4O5.C2HF3O2/c1-12-3-2-4-17(25-12)23-5-6-31-20(30)24-11-18(27)26-16(10-19(28)29)13-7-14(21)9-15(22)8-13;3-2(4,5)1(6)7/h2-4,7-9,16H,5-6,10-11H2,1H3,(H,23,25)(H,24,30)(H,26,27)(H,28,29);(H,6,7). The van der Waals surface area contributed by atoms with E-state index in [-0.39, 0.29) is 13.0 Å². The fraction of sp³-hybridized carbons (Fsp3) is 0.318. The molecule has 16 heteroatoms. The summed E-state index contributed by atoms with van der Waals surface area (Å²) in [6.45, 7) is 1.87. The number of carboxylic acid groups (broad SMARTS) is 2. The van der Waals surface area contributed by atoms with Gasteiger partial charge in [0.1, 0.15) is 19.0 Å². The van der Waals surface area contributed by atoms with Gasteiger partial charge in [0.15, 0.2) is 0 Å². The number of rotatable bonds is 10. The lowest BCUT2D eigenvalue weighted by Gasteiger charge is -2.18. The molecule has 0 saturated heterocycles. The minimum Gasteiger partial charge on any atom is -0.481 e. The Bertz CT molecular complexity index is 1120. The van der Waals surface area contributed by atoms with Gasteiger partial charge >= 0.3 is 24.2 Å². The van der Waals surface area contributed by atoms with Crippen molar-refractivity contribution >= 4 is 53.0 Å². The Hall–Kier alpha value is -3.78. The molecule has 5 N–H and O–H groups in total. The van der Waals surface area contributed by atoms with Crippen LogP contribution >= 0.6 is 23.2 Å². The molecule has 0 spiro atoms. The second kappa shape index (κ2) is 15.5. The number of hydrogen-bond donors (Lipinski definition) is 5. The molecule has 0 saturated carbocycles. The lowest BCUT2D eigenvalue weighted by molar-refractivity contribution is -0.192. The molecule has 0 fully saturated rings. The zero-order chi connectivity index (χ0) is 28.9.